The van der Waals surface area contributed by atoms with Crippen molar-refractivity contribution in [1.82, 2.24) is 15.8 Å². The molecule has 6 heteroatoms. The van der Waals surface area contributed by atoms with Crippen LogP contribution in [0.3, 0.4) is 0 Å². The maximum Gasteiger partial charge on any atom is 0.253 e. The second-order valence-electron chi connectivity index (χ2n) is 6.59. The summed E-state index contributed by atoms with van der Waals surface area (Å²) >= 11 is 6.27. The van der Waals surface area contributed by atoms with E-state index in [1.54, 1.807) is 0 Å². The summed E-state index contributed by atoms with van der Waals surface area (Å²) in [7, 11) is 2.31. The van der Waals surface area contributed by atoms with E-state index in [9.17, 15) is 4.79 Å². The fraction of sp³-hybridized carbons (Fsp3) is 0.562. The Morgan fingerprint density at radius 3 is 2.64 bits per heavy atom. The topological polar surface area (TPSA) is 44.4 Å². The number of quaternary nitrogens is 1. The van der Waals surface area contributed by atoms with Gasteiger partial charge in [-0.1, -0.05) is 30.3 Å². The third-order valence-electron chi connectivity index (χ3n) is 4.84. The van der Waals surface area contributed by atoms with Crippen molar-refractivity contribution in [3.05, 3.63) is 35.9 Å². The Morgan fingerprint density at radius 2 is 1.95 bits per heavy atom. The lowest BCUT2D eigenvalue weighted by atomic mass is 10.1. The van der Waals surface area contributed by atoms with Crippen LogP contribution in [0.15, 0.2) is 30.3 Å². The molecule has 0 aromatic heterocycles. The first-order valence-electron chi connectivity index (χ1n) is 7.86. The maximum absolute atomic E-state index is 11.7. The Morgan fingerprint density at radius 1 is 1.27 bits per heavy atom. The van der Waals surface area contributed by atoms with E-state index >= 15 is 0 Å². The van der Waals surface area contributed by atoms with Crippen LogP contribution in [0, 0.1) is 0 Å². The minimum absolute atomic E-state index is 0.0842. The maximum atomic E-state index is 11.7. The third-order valence-corrected chi connectivity index (χ3v) is 5.33. The molecule has 2 fully saturated rings. The molecule has 2 aliphatic rings. The largest absolute Gasteiger partial charge is 0.320 e. The summed E-state index contributed by atoms with van der Waals surface area (Å²) in [5.74, 6) is -0.120. The lowest BCUT2D eigenvalue weighted by Crippen LogP contribution is -2.66. The van der Waals surface area contributed by atoms with Gasteiger partial charge in [0.15, 0.2) is 0 Å². The molecular weight excluding hydrogens is 300 g/mol. The number of alkyl halides is 1. The second kappa shape index (κ2) is 6.54. The van der Waals surface area contributed by atoms with E-state index in [1.165, 1.54) is 5.56 Å². The first-order chi connectivity index (χ1) is 10.6. The molecule has 2 N–H and O–H groups in total. The smallest absolute Gasteiger partial charge is 0.253 e. The summed E-state index contributed by atoms with van der Waals surface area (Å²) in [4.78, 5) is 14.0. The van der Waals surface area contributed by atoms with Crippen molar-refractivity contribution in [2.45, 2.75) is 18.0 Å². The van der Waals surface area contributed by atoms with Crippen molar-refractivity contribution >= 4 is 17.5 Å². The predicted octanol–water partition coefficient (Wildman–Crippen LogP) is 0.559. The molecular formula is C16H24ClN4O+. The standard InChI is InChI=1S/C16H23ClN4O/c1-21(12-13-5-3-2-4-6-13)9-7-20(8-10-21)14-11-18-19-16(22)15(14)17/h2-6,14-15,18H,7-12H2,1H3/p+1. The van der Waals surface area contributed by atoms with Crippen molar-refractivity contribution in [2.75, 3.05) is 39.8 Å². The minimum Gasteiger partial charge on any atom is -0.320 e. The molecule has 2 unspecified atom stereocenters. The number of hydrogen-bond donors (Lipinski definition) is 2. The normalized spacial score (nSPS) is 29.1. The highest BCUT2D eigenvalue weighted by molar-refractivity contribution is 6.31. The van der Waals surface area contributed by atoms with Crippen LogP contribution < -0.4 is 10.9 Å². The first-order valence-corrected chi connectivity index (χ1v) is 8.29. The zero-order chi connectivity index (χ0) is 15.6. The number of hydrogen-bond acceptors (Lipinski definition) is 3. The van der Waals surface area contributed by atoms with Crippen LogP contribution in [0.4, 0.5) is 0 Å². The zero-order valence-electron chi connectivity index (χ0n) is 13.0. The van der Waals surface area contributed by atoms with Crippen molar-refractivity contribution in [3.63, 3.8) is 0 Å². The van der Waals surface area contributed by atoms with Gasteiger partial charge in [0.05, 0.1) is 20.1 Å². The molecule has 1 amide bonds. The average molecular weight is 324 g/mol. The molecule has 2 atom stereocenters. The molecule has 1 aromatic rings. The van der Waals surface area contributed by atoms with Gasteiger partial charge in [0, 0.05) is 31.2 Å². The van der Waals surface area contributed by atoms with Crippen LogP contribution in [0.2, 0.25) is 0 Å². The molecule has 3 rings (SSSR count). The number of nitrogens with zero attached hydrogens (tertiary/aromatic N) is 2. The van der Waals surface area contributed by atoms with Gasteiger partial charge in [-0.3, -0.25) is 15.1 Å². The Kier molecular flexibility index (Phi) is 4.68. The number of benzene rings is 1. The molecule has 0 aliphatic carbocycles. The predicted molar refractivity (Wildman–Crippen MR) is 87.2 cm³/mol. The van der Waals surface area contributed by atoms with E-state index in [-0.39, 0.29) is 11.9 Å². The summed E-state index contributed by atoms with van der Waals surface area (Å²) in [5.41, 5.74) is 6.92. The van der Waals surface area contributed by atoms with Crippen LogP contribution in [-0.2, 0) is 11.3 Å². The van der Waals surface area contributed by atoms with E-state index < -0.39 is 5.38 Å². The van der Waals surface area contributed by atoms with E-state index in [0.29, 0.717) is 6.54 Å². The van der Waals surface area contributed by atoms with Crippen molar-refractivity contribution in [2.24, 2.45) is 0 Å². The number of hydrazine groups is 1. The number of halogens is 1. The lowest BCUT2D eigenvalue weighted by Gasteiger charge is -2.46. The Balaban J connectivity index is 1.58. The van der Waals surface area contributed by atoms with Crippen LogP contribution >= 0.6 is 11.6 Å². The molecule has 2 saturated heterocycles. The summed E-state index contributed by atoms with van der Waals surface area (Å²) in [6.45, 7) is 5.89. The molecule has 0 saturated carbocycles. The monoisotopic (exact) mass is 323 g/mol. The molecule has 2 aliphatic heterocycles. The van der Waals surface area contributed by atoms with Gasteiger partial charge in [0.25, 0.3) is 5.91 Å². The fourth-order valence-corrected chi connectivity index (χ4v) is 3.68. The van der Waals surface area contributed by atoms with Gasteiger partial charge >= 0.3 is 0 Å². The number of carbonyl (C=O) groups excluding carboxylic acids is 1. The Bertz CT molecular complexity index is 516. The summed E-state index contributed by atoms with van der Waals surface area (Å²) < 4.78 is 1.04. The van der Waals surface area contributed by atoms with Gasteiger partial charge < -0.3 is 4.48 Å². The number of piperazine rings is 1. The number of amides is 1. The van der Waals surface area contributed by atoms with Gasteiger partial charge in [-0.05, 0) is 0 Å². The average Bonchev–Trinajstić information content (AvgIpc) is 2.52. The van der Waals surface area contributed by atoms with Gasteiger partial charge in [-0.25, -0.2) is 5.43 Å². The zero-order valence-corrected chi connectivity index (χ0v) is 13.7. The lowest BCUT2D eigenvalue weighted by molar-refractivity contribution is -0.926. The van der Waals surface area contributed by atoms with Crippen molar-refractivity contribution in [3.8, 4) is 0 Å². The number of carbonyl (C=O) groups is 1. The quantitative estimate of drug-likeness (QED) is 0.631. The molecule has 5 nitrogen and oxygen atoms in total. The fourth-order valence-electron chi connectivity index (χ4n) is 3.38. The van der Waals surface area contributed by atoms with Gasteiger partial charge in [-0.2, -0.15) is 0 Å². The Labute approximate surface area is 136 Å². The van der Waals surface area contributed by atoms with Crippen LogP contribution in [0.25, 0.3) is 0 Å². The van der Waals surface area contributed by atoms with Gasteiger partial charge in [0.1, 0.15) is 11.9 Å². The molecule has 0 spiro atoms. The summed E-state index contributed by atoms with van der Waals surface area (Å²) in [6, 6.07) is 10.7. The highest BCUT2D eigenvalue weighted by Crippen LogP contribution is 2.20. The van der Waals surface area contributed by atoms with Crippen LogP contribution in [0.5, 0.6) is 0 Å². The first kappa shape index (κ1) is 15.7. The minimum atomic E-state index is -0.466. The highest BCUT2D eigenvalue weighted by atomic mass is 35.5. The van der Waals surface area contributed by atoms with Crippen molar-refractivity contribution < 1.29 is 9.28 Å². The number of nitrogens with one attached hydrogen (secondary N) is 2. The van der Waals surface area contributed by atoms with E-state index in [0.717, 1.165) is 37.2 Å². The SMILES string of the molecule is C[N+]1(Cc2ccccc2)CCN(C2CNNC(=O)C2Cl)CC1. The van der Waals surface area contributed by atoms with Crippen LogP contribution in [0.1, 0.15) is 5.56 Å². The van der Waals surface area contributed by atoms with Crippen molar-refractivity contribution in [1.29, 1.82) is 0 Å². The van der Waals surface area contributed by atoms with E-state index in [1.807, 2.05) is 0 Å². The number of rotatable bonds is 3. The molecule has 0 radical (unpaired) electrons. The van der Waals surface area contributed by atoms with Crippen LogP contribution in [-0.4, -0.2) is 66.5 Å². The third kappa shape index (κ3) is 3.43. The molecule has 120 valence electrons. The van der Waals surface area contributed by atoms with Gasteiger partial charge in [-0.15, -0.1) is 11.6 Å². The molecule has 2 heterocycles. The summed E-state index contributed by atoms with van der Waals surface area (Å²) in [6.07, 6.45) is 0. The number of likely N-dealkylation sites (N-methyl/N-ethyl adjacent to an activating group) is 1. The van der Waals surface area contributed by atoms with E-state index in [4.69, 9.17) is 11.6 Å². The van der Waals surface area contributed by atoms with E-state index in [2.05, 4.69) is 53.1 Å². The van der Waals surface area contributed by atoms with Gasteiger partial charge in [0.2, 0.25) is 0 Å². The molecule has 1 aromatic carbocycles. The Hall–Kier alpha value is -1.14. The molecule has 0 bridgehead atoms. The molecule has 22 heavy (non-hydrogen) atoms. The second-order valence-corrected chi connectivity index (χ2v) is 7.06. The summed E-state index contributed by atoms with van der Waals surface area (Å²) in [5, 5.41) is -0.466. The highest BCUT2D eigenvalue weighted by Gasteiger charge is 2.38.